The number of nitrogens with zero attached hydrogens (tertiary/aromatic N) is 2. The Morgan fingerprint density at radius 1 is 1.40 bits per heavy atom. The monoisotopic (exact) mass is 530 g/mol. The van der Waals surface area contributed by atoms with Gasteiger partial charge < -0.3 is 23.6 Å². The van der Waals surface area contributed by atoms with Gasteiger partial charge in [-0.1, -0.05) is 0 Å². The van der Waals surface area contributed by atoms with Crippen LogP contribution < -0.4 is 14.1 Å². The van der Waals surface area contributed by atoms with Crippen LogP contribution in [-0.2, 0) is 15.0 Å². The van der Waals surface area contributed by atoms with E-state index in [2.05, 4.69) is 15.3 Å². The first-order valence-corrected chi connectivity index (χ1v) is 9.86. The third kappa shape index (κ3) is 3.67. The van der Waals surface area contributed by atoms with Crippen LogP contribution in [0.5, 0.6) is 5.75 Å². The molecule has 11 heteroatoms. The van der Waals surface area contributed by atoms with Crippen molar-refractivity contribution >= 4 is 40.6 Å². The van der Waals surface area contributed by atoms with E-state index in [0.29, 0.717) is 11.4 Å². The highest BCUT2D eigenvalue weighted by molar-refractivity contribution is 14.1. The van der Waals surface area contributed by atoms with Gasteiger partial charge in [-0.15, -0.1) is 0 Å². The van der Waals surface area contributed by atoms with Gasteiger partial charge in [0.15, 0.2) is 28.8 Å². The van der Waals surface area contributed by atoms with Gasteiger partial charge in [0.05, 0.1) is 31.4 Å². The van der Waals surface area contributed by atoms with Gasteiger partial charge in [0.25, 0.3) is 11.9 Å². The predicted molar refractivity (Wildman–Crippen MR) is 112 cm³/mol. The number of hydrogen-bond donors (Lipinski definition) is 2. The highest BCUT2D eigenvalue weighted by Crippen LogP contribution is 2.46. The lowest BCUT2D eigenvalue weighted by atomic mass is 9.78. The molecule has 3 atom stereocenters. The number of anilines is 1. The summed E-state index contributed by atoms with van der Waals surface area (Å²) in [5.74, 6) is -1.11. The van der Waals surface area contributed by atoms with Crippen LogP contribution >= 0.6 is 23.0 Å². The van der Waals surface area contributed by atoms with E-state index in [1.165, 1.54) is 30.5 Å². The molecule has 3 N–H and O–H groups in total. The first-order valence-electron chi connectivity index (χ1n) is 8.98. The molecule has 1 amide bonds. The first kappa shape index (κ1) is 20.7. The molecule has 0 bridgehead atoms. The number of carbonyl (C=O) groups excluding carboxylic acids is 1. The number of hydrogen-bond acceptors (Lipinski definition) is 7. The lowest BCUT2D eigenvalue weighted by molar-refractivity contribution is 0.0528. The molecule has 30 heavy (non-hydrogen) atoms. The molecule has 1 fully saturated rings. The molecule has 1 aromatic heterocycles. The van der Waals surface area contributed by atoms with Gasteiger partial charge in [-0.25, -0.2) is 18.8 Å². The number of carbonyl (C=O) groups is 1. The second-order valence-corrected chi connectivity index (χ2v) is 7.34. The SMILES string of the molecule is NC1=NC2(c3cc(NC(=O)c4ccc(OI)cn4)ccc3F)COC(CF)C2CO1. The summed E-state index contributed by atoms with van der Waals surface area (Å²) in [6.45, 7) is -0.759. The fraction of sp³-hybridized carbons (Fsp3) is 0.316. The largest absolute Gasteiger partial charge is 0.465 e. The number of benzene rings is 1. The smallest absolute Gasteiger partial charge is 0.282 e. The zero-order valence-electron chi connectivity index (χ0n) is 15.5. The number of aliphatic imine (C=N–C) groups is 1. The molecule has 8 nitrogen and oxygen atoms in total. The van der Waals surface area contributed by atoms with Crippen molar-refractivity contribution < 1.29 is 26.1 Å². The van der Waals surface area contributed by atoms with Gasteiger partial charge in [-0.05, 0) is 30.3 Å². The number of amidine groups is 1. The molecule has 0 saturated carbocycles. The molecule has 3 unspecified atom stereocenters. The lowest BCUT2D eigenvalue weighted by Gasteiger charge is -2.35. The summed E-state index contributed by atoms with van der Waals surface area (Å²) in [5.41, 5.74) is 5.13. The Labute approximate surface area is 184 Å². The van der Waals surface area contributed by atoms with E-state index in [-0.39, 0.29) is 30.5 Å². The third-order valence-electron chi connectivity index (χ3n) is 5.20. The fourth-order valence-electron chi connectivity index (χ4n) is 3.71. The van der Waals surface area contributed by atoms with Crippen LogP contribution in [0.15, 0.2) is 41.5 Å². The summed E-state index contributed by atoms with van der Waals surface area (Å²) in [6, 6.07) is 7.06. The van der Waals surface area contributed by atoms with E-state index < -0.39 is 36.0 Å². The van der Waals surface area contributed by atoms with Crippen molar-refractivity contribution in [3.05, 3.63) is 53.6 Å². The van der Waals surface area contributed by atoms with E-state index in [1.807, 2.05) is 0 Å². The highest BCUT2D eigenvalue weighted by atomic mass is 127. The predicted octanol–water partition coefficient (Wildman–Crippen LogP) is 2.73. The van der Waals surface area contributed by atoms with Crippen molar-refractivity contribution in [3.63, 3.8) is 0 Å². The zero-order chi connectivity index (χ0) is 21.3. The molecule has 2 aromatic rings. The molecule has 1 saturated heterocycles. The molecule has 158 valence electrons. The number of halogens is 3. The molecule has 0 aliphatic carbocycles. The maximum Gasteiger partial charge on any atom is 0.282 e. The molecule has 3 heterocycles. The third-order valence-corrected chi connectivity index (χ3v) is 5.71. The Balaban J connectivity index is 1.66. The summed E-state index contributed by atoms with van der Waals surface area (Å²) in [5, 5.41) is 2.68. The van der Waals surface area contributed by atoms with E-state index >= 15 is 0 Å². The van der Waals surface area contributed by atoms with Crippen LogP contribution in [0, 0.1) is 11.7 Å². The number of pyridine rings is 1. The Hall–Kier alpha value is -2.54. The minimum atomic E-state index is -1.23. The summed E-state index contributed by atoms with van der Waals surface area (Å²) < 4.78 is 44.0. The summed E-state index contributed by atoms with van der Waals surface area (Å²) in [4.78, 5) is 20.8. The topological polar surface area (TPSA) is 108 Å². The number of rotatable bonds is 5. The molecule has 4 rings (SSSR count). The van der Waals surface area contributed by atoms with E-state index in [1.54, 1.807) is 29.1 Å². The van der Waals surface area contributed by atoms with Crippen molar-refractivity contribution in [2.45, 2.75) is 11.6 Å². The molecule has 0 radical (unpaired) electrons. The maximum atomic E-state index is 14.8. The van der Waals surface area contributed by atoms with Crippen molar-refractivity contribution in [2.75, 3.05) is 25.2 Å². The van der Waals surface area contributed by atoms with Crippen LogP contribution in [0.2, 0.25) is 0 Å². The van der Waals surface area contributed by atoms with Crippen LogP contribution in [-0.4, -0.2) is 42.9 Å². The van der Waals surface area contributed by atoms with E-state index in [4.69, 9.17) is 18.3 Å². The van der Waals surface area contributed by atoms with Crippen LogP contribution in [0.25, 0.3) is 0 Å². The van der Waals surface area contributed by atoms with E-state index in [0.717, 1.165) is 0 Å². The van der Waals surface area contributed by atoms with Crippen LogP contribution in [0.4, 0.5) is 14.5 Å². The van der Waals surface area contributed by atoms with Gasteiger partial charge in [0.2, 0.25) is 0 Å². The summed E-state index contributed by atoms with van der Waals surface area (Å²) in [7, 11) is 0. The number of nitrogens with two attached hydrogens (primary N) is 1. The van der Waals surface area contributed by atoms with Crippen LogP contribution in [0.3, 0.4) is 0 Å². The van der Waals surface area contributed by atoms with Crippen LogP contribution in [0.1, 0.15) is 16.1 Å². The van der Waals surface area contributed by atoms with Gasteiger partial charge in [0, 0.05) is 11.3 Å². The second-order valence-electron chi connectivity index (χ2n) is 6.90. The highest BCUT2D eigenvalue weighted by Gasteiger charge is 2.55. The molecule has 2 aliphatic rings. The summed E-state index contributed by atoms with van der Waals surface area (Å²) >= 11 is 1.71. The maximum absolute atomic E-state index is 14.8. The van der Waals surface area contributed by atoms with Crippen molar-refractivity contribution in [1.82, 2.24) is 4.98 Å². The lowest BCUT2D eigenvalue weighted by Crippen LogP contribution is -2.45. The Kier molecular flexibility index (Phi) is 5.73. The van der Waals surface area contributed by atoms with Gasteiger partial charge in [-0.3, -0.25) is 4.79 Å². The minimum absolute atomic E-state index is 0.0507. The fourth-order valence-corrected chi connectivity index (χ4v) is 3.97. The normalized spacial score (nSPS) is 25.1. The Morgan fingerprint density at radius 3 is 2.93 bits per heavy atom. The quantitative estimate of drug-likeness (QED) is 0.576. The molecular weight excluding hydrogens is 513 g/mol. The standard InChI is InChI=1S/C19H17F2IN4O4/c20-6-16-13-8-28-18(23)26-19(13,9-29-16)12-5-10(1-3-14(12)21)25-17(27)15-4-2-11(30-22)7-24-15/h1-5,7,13,16H,6,8-9H2,(H2,23,26)(H,25,27). The summed E-state index contributed by atoms with van der Waals surface area (Å²) in [6.07, 6.45) is 0.621. The molecular formula is C19H17F2IN4O4. The molecule has 1 aromatic carbocycles. The first-order chi connectivity index (χ1) is 14.5. The molecule has 0 spiro atoms. The Bertz CT molecular complexity index is 991. The number of aromatic nitrogens is 1. The van der Waals surface area contributed by atoms with Gasteiger partial charge in [0.1, 0.15) is 23.7 Å². The average Bonchev–Trinajstić information content (AvgIpc) is 3.13. The van der Waals surface area contributed by atoms with Crippen molar-refractivity contribution in [2.24, 2.45) is 16.6 Å². The van der Waals surface area contributed by atoms with Gasteiger partial charge >= 0.3 is 0 Å². The minimum Gasteiger partial charge on any atom is -0.465 e. The zero-order valence-corrected chi connectivity index (χ0v) is 17.6. The number of ether oxygens (including phenoxy) is 2. The van der Waals surface area contributed by atoms with E-state index in [9.17, 15) is 13.6 Å². The number of alkyl halides is 1. The van der Waals surface area contributed by atoms with Crippen molar-refractivity contribution in [3.8, 4) is 5.75 Å². The number of amides is 1. The number of fused-ring (bicyclic) bond motifs is 1. The van der Waals surface area contributed by atoms with Crippen molar-refractivity contribution in [1.29, 1.82) is 0 Å². The second kappa shape index (κ2) is 8.30. The Morgan fingerprint density at radius 2 is 2.23 bits per heavy atom. The van der Waals surface area contributed by atoms with Gasteiger partial charge in [-0.2, -0.15) is 0 Å². The number of nitrogens with one attached hydrogen (secondary N) is 1. The molecule has 2 aliphatic heterocycles. The average molecular weight is 530 g/mol.